The Morgan fingerprint density at radius 2 is 2.19 bits per heavy atom. The molecule has 0 unspecified atom stereocenters. The normalized spacial score (nSPS) is 11.2. The van der Waals surface area contributed by atoms with Crippen molar-refractivity contribution >= 4 is 5.91 Å². The fraction of sp³-hybridized carbons (Fsp3) is 0.455. The maximum atomic E-state index is 12.0. The van der Waals surface area contributed by atoms with Crippen LogP contribution in [0.2, 0.25) is 0 Å². The summed E-state index contributed by atoms with van der Waals surface area (Å²) in [5, 5.41) is 9.15. The molecule has 1 aromatic heterocycles. The SMILES string of the molecule is CN(C(=O)c1ccc[nH]c1=O)C(C)(C)CO. The highest BCUT2D eigenvalue weighted by atomic mass is 16.3. The average molecular weight is 224 g/mol. The molecule has 0 saturated heterocycles. The molecule has 1 rings (SSSR count). The lowest BCUT2D eigenvalue weighted by atomic mass is 10.0. The van der Waals surface area contributed by atoms with E-state index >= 15 is 0 Å². The van der Waals surface area contributed by atoms with E-state index in [0.29, 0.717) is 0 Å². The minimum atomic E-state index is -0.695. The van der Waals surface area contributed by atoms with Gasteiger partial charge in [0.05, 0.1) is 12.1 Å². The molecule has 0 aliphatic heterocycles. The number of aromatic nitrogens is 1. The van der Waals surface area contributed by atoms with Gasteiger partial charge in [0.15, 0.2) is 0 Å². The lowest BCUT2D eigenvalue weighted by Crippen LogP contribution is -2.48. The molecule has 88 valence electrons. The summed E-state index contributed by atoms with van der Waals surface area (Å²) in [7, 11) is 1.56. The second kappa shape index (κ2) is 4.49. The number of carbonyl (C=O) groups excluding carboxylic acids is 1. The van der Waals surface area contributed by atoms with Gasteiger partial charge in [0.1, 0.15) is 5.56 Å². The molecule has 0 atom stereocenters. The van der Waals surface area contributed by atoms with Gasteiger partial charge in [-0.3, -0.25) is 9.59 Å². The Kier molecular flexibility index (Phi) is 3.49. The molecule has 5 heteroatoms. The predicted molar refractivity (Wildman–Crippen MR) is 60.3 cm³/mol. The first kappa shape index (κ1) is 12.4. The molecule has 0 aliphatic carbocycles. The number of hydrogen-bond donors (Lipinski definition) is 2. The lowest BCUT2D eigenvalue weighted by Gasteiger charge is -2.33. The lowest BCUT2D eigenvalue weighted by molar-refractivity contribution is 0.0471. The molecule has 2 N–H and O–H groups in total. The molecule has 0 saturated carbocycles. The van der Waals surface area contributed by atoms with E-state index in [9.17, 15) is 9.59 Å². The zero-order chi connectivity index (χ0) is 12.3. The van der Waals surface area contributed by atoms with Crippen molar-refractivity contribution in [1.82, 2.24) is 9.88 Å². The zero-order valence-electron chi connectivity index (χ0n) is 9.65. The number of aliphatic hydroxyl groups excluding tert-OH is 1. The Bertz CT molecular complexity index is 437. The van der Waals surface area contributed by atoms with E-state index in [-0.39, 0.29) is 12.2 Å². The average Bonchev–Trinajstić information content (AvgIpc) is 2.27. The highest BCUT2D eigenvalue weighted by Gasteiger charge is 2.28. The van der Waals surface area contributed by atoms with E-state index in [1.165, 1.54) is 17.2 Å². The van der Waals surface area contributed by atoms with Crippen LogP contribution >= 0.6 is 0 Å². The van der Waals surface area contributed by atoms with E-state index < -0.39 is 17.0 Å². The van der Waals surface area contributed by atoms with Crippen molar-refractivity contribution in [3.63, 3.8) is 0 Å². The molecule has 0 radical (unpaired) electrons. The number of amides is 1. The fourth-order valence-electron chi connectivity index (χ4n) is 1.15. The van der Waals surface area contributed by atoms with E-state index in [4.69, 9.17) is 5.11 Å². The van der Waals surface area contributed by atoms with Gasteiger partial charge in [-0.25, -0.2) is 0 Å². The Morgan fingerprint density at radius 1 is 1.56 bits per heavy atom. The zero-order valence-corrected chi connectivity index (χ0v) is 9.65. The third-order valence-electron chi connectivity index (χ3n) is 2.65. The molecule has 5 nitrogen and oxygen atoms in total. The summed E-state index contributed by atoms with van der Waals surface area (Å²) in [5.41, 5.74) is -1.04. The largest absolute Gasteiger partial charge is 0.394 e. The minimum Gasteiger partial charge on any atom is -0.394 e. The molecular formula is C11H16N2O3. The van der Waals surface area contributed by atoms with Crippen molar-refractivity contribution in [3.8, 4) is 0 Å². The number of nitrogens with zero attached hydrogens (tertiary/aromatic N) is 1. The molecule has 1 aromatic rings. The van der Waals surface area contributed by atoms with Crippen LogP contribution in [0.5, 0.6) is 0 Å². The second-order valence-electron chi connectivity index (χ2n) is 4.25. The number of carbonyl (C=O) groups is 1. The van der Waals surface area contributed by atoms with Gasteiger partial charge in [-0.05, 0) is 26.0 Å². The maximum absolute atomic E-state index is 12.0. The van der Waals surface area contributed by atoms with Crippen molar-refractivity contribution in [1.29, 1.82) is 0 Å². The van der Waals surface area contributed by atoms with Gasteiger partial charge in [0.25, 0.3) is 11.5 Å². The van der Waals surface area contributed by atoms with Gasteiger partial charge in [-0.2, -0.15) is 0 Å². The number of pyridine rings is 1. The number of aromatic amines is 1. The second-order valence-corrected chi connectivity index (χ2v) is 4.25. The van der Waals surface area contributed by atoms with Gasteiger partial charge in [-0.1, -0.05) is 0 Å². The topological polar surface area (TPSA) is 73.4 Å². The number of rotatable bonds is 3. The van der Waals surface area contributed by atoms with Crippen molar-refractivity contribution in [2.75, 3.05) is 13.7 Å². The van der Waals surface area contributed by atoms with Crippen LogP contribution in [0.3, 0.4) is 0 Å². The van der Waals surface area contributed by atoms with Crippen LogP contribution < -0.4 is 5.56 Å². The molecule has 16 heavy (non-hydrogen) atoms. The minimum absolute atomic E-state index is 0.0755. The van der Waals surface area contributed by atoms with Crippen LogP contribution in [0.25, 0.3) is 0 Å². The Morgan fingerprint density at radius 3 is 2.69 bits per heavy atom. The molecule has 0 spiro atoms. The molecule has 0 aliphatic rings. The Hall–Kier alpha value is -1.62. The van der Waals surface area contributed by atoms with Crippen LogP contribution in [0, 0.1) is 0 Å². The monoisotopic (exact) mass is 224 g/mol. The highest BCUT2D eigenvalue weighted by Crippen LogP contribution is 2.13. The van der Waals surface area contributed by atoms with Crippen LogP contribution in [0.4, 0.5) is 0 Å². The van der Waals surface area contributed by atoms with E-state index in [2.05, 4.69) is 4.98 Å². The quantitative estimate of drug-likeness (QED) is 0.771. The maximum Gasteiger partial charge on any atom is 0.260 e. The van der Waals surface area contributed by atoms with E-state index in [1.54, 1.807) is 27.0 Å². The summed E-state index contributed by atoms with van der Waals surface area (Å²) >= 11 is 0. The van der Waals surface area contributed by atoms with Crippen LogP contribution in [0.15, 0.2) is 23.1 Å². The highest BCUT2D eigenvalue weighted by molar-refractivity contribution is 5.94. The van der Waals surface area contributed by atoms with Gasteiger partial charge < -0.3 is 15.0 Å². The van der Waals surface area contributed by atoms with Gasteiger partial charge >= 0.3 is 0 Å². The van der Waals surface area contributed by atoms with Crippen molar-refractivity contribution < 1.29 is 9.90 Å². The van der Waals surface area contributed by atoms with Crippen molar-refractivity contribution in [2.45, 2.75) is 19.4 Å². The van der Waals surface area contributed by atoms with Gasteiger partial charge in [0, 0.05) is 13.2 Å². The summed E-state index contributed by atoms with van der Waals surface area (Å²) in [6, 6.07) is 3.06. The molecule has 0 fully saturated rings. The van der Waals surface area contributed by atoms with Crippen molar-refractivity contribution in [3.05, 3.63) is 34.2 Å². The Balaban J connectivity index is 3.05. The summed E-state index contributed by atoms with van der Waals surface area (Å²) in [6.07, 6.45) is 1.47. The first-order chi connectivity index (χ1) is 7.40. The van der Waals surface area contributed by atoms with Gasteiger partial charge in [-0.15, -0.1) is 0 Å². The number of likely N-dealkylation sites (N-methyl/N-ethyl adjacent to an activating group) is 1. The summed E-state index contributed by atoms with van der Waals surface area (Å²) in [5.74, 6) is -0.402. The molecule has 1 heterocycles. The molecule has 1 amide bonds. The van der Waals surface area contributed by atoms with E-state index in [0.717, 1.165) is 0 Å². The molecule has 0 bridgehead atoms. The third kappa shape index (κ3) is 2.30. The third-order valence-corrected chi connectivity index (χ3v) is 2.65. The van der Waals surface area contributed by atoms with Gasteiger partial charge in [0.2, 0.25) is 0 Å². The fourth-order valence-corrected chi connectivity index (χ4v) is 1.15. The van der Waals surface area contributed by atoms with Crippen LogP contribution in [-0.4, -0.2) is 40.1 Å². The smallest absolute Gasteiger partial charge is 0.260 e. The number of aliphatic hydroxyl groups is 1. The molecular weight excluding hydrogens is 208 g/mol. The first-order valence-corrected chi connectivity index (χ1v) is 4.97. The van der Waals surface area contributed by atoms with Crippen LogP contribution in [0.1, 0.15) is 24.2 Å². The predicted octanol–water partition coefficient (Wildman–Crippen LogP) is 0.218. The summed E-state index contributed by atoms with van der Waals surface area (Å²) in [4.78, 5) is 27.2. The number of H-pyrrole nitrogens is 1. The Labute approximate surface area is 93.7 Å². The molecule has 0 aromatic carbocycles. The van der Waals surface area contributed by atoms with Crippen LogP contribution in [-0.2, 0) is 0 Å². The van der Waals surface area contributed by atoms with Crippen molar-refractivity contribution in [2.24, 2.45) is 0 Å². The standard InChI is InChI=1S/C11H16N2O3/c1-11(2,7-14)13(3)10(16)8-5-4-6-12-9(8)15/h4-6,14H,7H2,1-3H3,(H,12,15). The number of nitrogens with one attached hydrogen (secondary N) is 1. The van der Waals surface area contributed by atoms with E-state index in [1.807, 2.05) is 0 Å². The first-order valence-electron chi connectivity index (χ1n) is 4.97. The summed E-state index contributed by atoms with van der Waals surface area (Å²) in [6.45, 7) is 3.28. The number of hydrogen-bond acceptors (Lipinski definition) is 3. The summed E-state index contributed by atoms with van der Waals surface area (Å²) < 4.78 is 0.